The fourth-order valence-corrected chi connectivity index (χ4v) is 11.4. The van der Waals surface area contributed by atoms with Gasteiger partial charge in [0.2, 0.25) is 11.8 Å². The number of carbonyl (C=O) groups is 4. The third-order valence-corrected chi connectivity index (χ3v) is 15.1. The highest BCUT2D eigenvalue weighted by molar-refractivity contribution is 7.15. The molecule has 0 spiro atoms. The number of nitrogens with zero attached hydrogens (tertiary/aromatic N) is 6. The number of nitrogens with one attached hydrogen (secondary N) is 1. The lowest BCUT2D eigenvalue weighted by Gasteiger charge is -2.28. The largest absolute Gasteiger partial charge is 0.336 e. The number of Topliss-reactive ketones (excluding diaryl/α,β-unsaturated/α-hetero) is 1. The van der Waals surface area contributed by atoms with Crippen LogP contribution in [0.4, 0.5) is 0 Å². The van der Waals surface area contributed by atoms with E-state index in [1.165, 1.54) is 6.20 Å². The highest BCUT2D eigenvalue weighted by Crippen LogP contribution is 2.41. The Morgan fingerprint density at radius 2 is 1.03 bits per heavy atom. The van der Waals surface area contributed by atoms with Gasteiger partial charge in [0.15, 0.2) is 5.78 Å². The van der Waals surface area contributed by atoms with Gasteiger partial charge in [0.1, 0.15) is 16.1 Å². The molecule has 13 heteroatoms. The van der Waals surface area contributed by atoms with Gasteiger partial charge in [-0.25, -0.2) is 9.97 Å². The van der Waals surface area contributed by atoms with Gasteiger partial charge in [0, 0.05) is 62.3 Å². The molecule has 68 heavy (non-hydrogen) atoms. The van der Waals surface area contributed by atoms with E-state index in [1.54, 1.807) is 65.5 Å². The standard InChI is InChI=1S/C55H47N7O4S2/c63-47(42-15-7-27-56-32-42)31-44(38-11-3-1-4-12-38)54(65)61-29-9-17-45(61)52-58-34-48(67-52)39-23-19-36(20-24-39)37-21-25-40(26-22-37)49-35-59-53(68-49)46-18-10-30-62(46)55(66)50(41-13-5-2-6-14-41)60-51(64)43-16-8-28-57-33-43/h1-8,11-16,19-28,32-35,44-46,50H,9-10,17-18,29-31H2,(H,60,64)/t44-,45+,46+,50-/m1/s1. The van der Waals surface area contributed by atoms with Crippen LogP contribution in [0.2, 0.25) is 0 Å². The fourth-order valence-electron chi connectivity index (χ4n) is 9.25. The highest BCUT2D eigenvalue weighted by atomic mass is 32.1. The molecule has 0 saturated carbocycles. The molecule has 8 aromatic rings. The van der Waals surface area contributed by atoms with Crippen molar-refractivity contribution in [1.29, 1.82) is 0 Å². The van der Waals surface area contributed by atoms with Crippen LogP contribution in [0.15, 0.2) is 171 Å². The fraction of sp³-hybridized carbons (Fsp3) is 0.200. The third-order valence-electron chi connectivity index (χ3n) is 12.8. The van der Waals surface area contributed by atoms with Gasteiger partial charge in [-0.2, -0.15) is 0 Å². The van der Waals surface area contributed by atoms with Crippen LogP contribution in [0.25, 0.3) is 32.0 Å². The number of likely N-dealkylation sites (tertiary alicyclic amines) is 2. The second-order valence-electron chi connectivity index (χ2n) is 17.1. The molecule has 4 aromatic heterocycles. The van der Waals surface area contributed by atoms with E-state index in [-0.39, 0.29) is 42.0 Å². The molecule has 0 unspecified atom stereocenters. The van der Waals surface area contributed by atoms with E-state index in [0.29, 0.717) is 24.2 Å². The van der Waals surface area contributed by atoms with Crippen molar-refractivity contribution in [3.05, 3.63) is 203 Å². The molecule has 3 amide bonds. The molecule has 0 radical (unpaired) electrons. The Hall–Kier alpha value is -7.48. The minimum Gasteiger partial charge on any atom is -0.336 e. The quantitative estimate of drug-likeness (QED) is 0.106. The molecule has 2 saturated heterocycles. The first-order chi connectivity index (χ1) is 33.4. The second-order valence-corrected chi connectivity index (χ2v) is 19.2. The number of aromatic nitrogens is 4. The van der Waals surface area contributed by atoms with Crippen LogP contribution >= 0.6 is 22.7 Å². The lowest BCUT2D eigenvalue weighted by atomic mass is 9.90. The van der Waals surface area contributed by atoms with Gasteiger partial charge in [-0.05, 0) is 83.3 Å². The maximum atomic E-state index is 14.4. The number of hydrogen-bond acceptors (Lipinski definition) is 10. The van der Waals surface area contributed by atoms with Crippen LogP contribution in [0, 0.1) is 0 Å². The molecule has 4 aromatic carbocycles. The summed E-state index contributed by atoms with van der Waals surface area (Å²) in [5.74, 6) is -1.28. The van der Waals surface area contributed by atoms with Crippen molar-refractivity contribution in [1.82, 2.24) is 35.1 Å². The van der Waals surface area contributed by atoms with Gasteiger partial charge in [-0.1, -0.05) is 109 Å². The van der Waals surface area contributed by atoms with Crippen molar-refractivity contribution < 1.29 is 19.2 Å². The van der Waals surface area contributed by atoms with E-state index < -0.39 is 12.0 Å². The molecule has 2 fully saturated rings. The predicted octanol–water partition coefficient (Wildman–Crippen LogP) is 10.9. The van der Waals surface area contributed by atoms with E-state index in [4.69, 9.17) is 9.97 Å². The summed E-state index contributed by atoms with van der Waals surface area (Å²) in [5, 5.41) is 4.75. The minimum absolute atomic E-state index is 0.0513. The first kappa shape index (κ1) is 44.4. The van der Waals surface area contributed by atoms with Gasteiger partial charge in [0.05, 0.1) is 33.3 Å². The monoisotopic (exact) mass is 933 g/mol. The maximum Gasteiger partial charge on any atom is 0.253 e. The van der Waals surface area contributed by atoms with Crippen LogP contribution in [0.1, 0.15) is 98.0 Å². The van der Waals surface area contributed by atoms with Gasteiger partial charge in [-0.15, -0.1) is 22.7 Å². The molecule has 0 bridgehead atoms. The highest BCUT2D eigenvalue weighted by Gasteiger charge is 2.39. The zero-order valence-corrected chi connectivity index (χ0v) is 38.7. The number of pyridine rings is 2. The van der Waals surface area contributed by atoms with E-state index in [0.717, 1.165) is 78.8 Å². The Labute approximate surface area is 402 Å². The van der Waals surface area contributed by atoms with Crippen LogP contribution in [0.5, 0.6) is 0 Å². The summed E-state index contributed by atoms with van der Waals surface area (Å²) >= 11 is 3.21. The Morgan fingerprint density at radius 3 is 1.54 bits per heavy atom. The van der Waals surface area contributed by atoms with Gasteiger partial charge >= 0.3 is 0 Å². The number of benzene rings is 4. The first-order valence-electron chi connectivity index (χ1n) is 22.9. The van der Waals surface area contributed by atoms with Crippen molar-refractivity contribution in [3.63, 3.8) is 0 Å². The zero-order valence-electron chi connectivity index (χ0n) is 37.1. The van der Waals surface area contributed by atoms with E-state index in [1.807, 2.05) is 82.9 Å². The molecule has 4 atom stereocenters. The molecule has 2 aliphatic rings. The predicted molar refractivity (Wildman–Crippen MR) is 265 cm³/mol. The number of rotatable bonds is 14. The molecule has 11 nitrogen and oxygen atoms in total. The zero-order chi connectivity index (χ0) is 46.4. The summed E-state index contributed by atoms with van der Waals surface area (Å²) in [6.45, 7) is 1.20. The van der Waals surface area contributed by atoms with Crippen molar-refractivity contribution in [3.8, 4) is 32.0 Å². The number of hydrogen-bond donors (Lipinski definition) is 1. The number of ketones is 1. The molecular weight excluding hydrogens is 887 g/mol. The number of carbonyl (C=O) groups excluding carboxylic acids is 4. The van der Waals surface area contributed by atoms with Crippen molar-refractivity contribution in [2.75, 3.05) is 13.1 Å². The second kappa shape index (κ2) is 20.2. The SMILES string of the molecule is O=C(C[C@@H](C(=O)N1CCC[C@H]1c1ncc(-c2ccc(-c3ccc(-c4cnc([C@@H]5CCCN5C(=O)[C@H](NC(=O)c5cccnc5)c5ccccc5)s4)cc3)cc2)s1)c1ccccc1)c1cccnc1. The lowest BCUT2D eigenvalue weighted by molar-refractivity contribution is -0.134. The Kier molecular flexibility index (Phi) is 13.2. The average molecular weight is 934 g/mol. The Morgan fingerprint density at radius 1 is 0.544 bits per heavy atom. The number of thiazole rings is 2. The van der Waals surface area contributed by atoms with Crippen LogP contribution in [-0.2, 0) is 9.59 Å². The summed E-state index contributed by atoms with van der Waals surface area (Å²) in [4.78, 5) is 79.0. The summed E-state index contributed by atoms with van der Waals surface area (Å²) in [7, 11) is 0. The minimum atomic E-state index is -0.854. The van der Waals surface area contributed by atoms with Crippen LogP contribution < -0.4 is 5.32 Å². The topological polar surface area (TPSA) is 138 Å². The van der Waals surface area contributed by atoms with Crippen molar-refractivity contribution in [2.24, 2.45) is 0 Å². The molecule has 10 rings (SSSR count). The van der Waals surface area contributed by atoms with Crippen molar-refractivity contribution >= 4 is 46.2 Å². The van der Waals surface area contributed by atoms with Gasteiger partial charge in [0.25, 0.3) is 5.91 Å². The average Bonchev–Trinajstić information content (AvgIpc) is 4.26. The molecule has 0 aliphatic carbocycles. The summed E-state index contributed by atoms with van der Waals surface area (Å²) in [6, 6.07) is 41.6. The van der Waals surface area contributed by atoms with Crippen LogP contribution in [-0.4, -0.2) is 66.3 Å². The van der Waals surface area contributed by atoms with E-state index in [9.17, 15) is 19.2 Å². The normalized spacial score (nSPS) is 16.6. The van der Waals surface area contributed by atoms with E-state index >= 15 is 0 Å². The van der Waals surface area contributed by atoms with Gasteiger partial charge < -0.3 is 15.1 Å². The third kappa shape index (κ3) is 9.53. The maximum absolute atomic E-state index is 14.4. The molecule has 338 valence electrons. The Balaban J connectivity index is 0.800. The van der Waals surface area contributed by atoms with E-state index in [2.05, 4.69) is 63.8 Å². The summed E-state index contributed by atoms with van der Waals surface area (Å²) in [6.07, 6.45) is 13.5. The number of amides is 3. The molecule has 1 N–H and O–H groups in total. The van der Waals surface area contributed by atoms with Crippen LogP contribution in [0.3, 0.4) is 0 Å². The Bertz CT molecular complexity index is 2810. The molecule has 6 heterocycles. The summed E-state index contributed by atoms with van der Waals surface area (Å²) in [5.41, 5.74) is 6.70. The summed E-state index contributed by atoms with van der Waals surface area (Å²) < 4.78 is 0. The lowest BCUT2D eigenvalue weighted by Crippen LogP contribution is -2.42. The first-order valence-corrected chi connectivity index (χ1v) is 24.5. The molecular formula is C55H47N7O4S2. The van der Waals surface area contributed by atoms with Crippen molar-refractivity contribution in [2.45, 2.75) is 56.1 Å². The molecule has 2 aliphatic heterocycles. The van der Waals surface area contributed by atoms with Gasteiger partial charge in [-0.3, -0.25) is 29.1 Å². The smallest absolute Gasteiger partial charge is 0.253 e.